The summed E-state index contributed by atoms with van der Waals surface area (Å²) in [7, 11) is 1.91. The molecule has 20 heavy (non-hydrogen) atoms. The maximum atomic E-state index is 10.4. The van der Waals surface area contributed by atoms with Crippen LogP contribution in [0.25, 0.3) is 0 Å². The summed E-state index contributed by atoms with van der Waals surface area (Å²) in [5, 5.41) is 14.5. The first-order valence-corrected chi connectivity index (χ1v) is 7.08. The molecule has 2 atom stereocenters. The number of para-hydroxylation sites is 1. The van der Waals surface area contributed by atoms with Crippen molar-refractivity contribution in [3.8, 4) is 5.75 Å². The van der Waals surface area contributed by atoms with E-state index < -0.39 is 0 Å². The van der Waals surface area contributed by atoms with Crippen molar-refractivity contribution in [2.45, 2.75) is 25.4 Å². The van der Waals surface area contributed by atoms with Crippen LogP contribution in [-0.2, 0) is 19.9 Å². The number of aliphatic hydroxyl groups excluding tert-OH is 1. The van der Waals surface area contributed by atoms with Gasteiger partial charge in [0.25, 0.3) is 0 Å². The van der Waals surface area contributed by atoms with E-state index in [9.17, 15) is 5.11 Å². The summed E-state index contributed by atoms with van der Waals surface area (Å²) in [4.78, 5) is 0. The van der Waals surface area contributed by atoms with Crippen LogP contribution in [0.5, 0.6) is 5.75 Å². The lowest BCUT2D eigenvalue weighted by atomic mass is 9.89. The van der Waals surface area contributed by atoms with Gasteiger partial charge in [-0.2, -0.15) is 5.10 Å². The molecule has 0 aliphatic carbocycles. The normalized spacial score (nSPS) is 19.2. The molecule has 0 bridgehead atoms. The highest BCUT2D eigenvalue weighted by Gasteiger charge is 2.25. The Labute approximate surface area is 119 Å². The number of hydrogen-bond donors (Lipinski definition) is 1. The topological polar surface area (TPSA) is 47.3 Å². The average molecular weight is 272 g/mol. The molecule has 1 aliphatic heterocycles. The SMILES string of the molecule is Cn1cc(CCC(O)C2COc3ccccc3C2)cn1. The molecular weight excluding hydrogens is 252 g/mol. The van der Waals surface area contributed by atoms with Crippen molar-refractivity contribution in [3.63, 3.8) is 0 Å². The van der Waals surface area contributed by atoms with Gasteiger partial charge in [-0.15, -0.1) is 0 Å². The number of fused-ring (bicyclic) bond motifs is 1. The third-order valence-electron chi connectivity index (χ3n) is 3.94. The van der Waals surface area contributed by atoms with Crippen LogP contribution in [0.1, 0.15) is 17.5 Å². The van der Waals surface area contributed by atoms with Crippen LogP contribution in [0.2, 0.25) is 0 Å². The van der Waals surface area contributed by atoms with Crippen LogP contribution in [0.4, 0.5) is 0 Å². The molecule has 0 fully saturated rings. The minimum absolute atomic E-state index is 0.182. The minimum atomic E-state index is -0.330. The lowest BCUT2D eigenvalue weighted by Crippen LogP contribution is -2.31. The molecule has 2 aromatic rings. The second-order valence-corrected chi connectivity index (χ2v) is 5.51. The molecule has 1 aromatic carbocycles. The van der Waals surface area contributed by atoms with Crippen molar-refractivity contribution in [3.05, 3.63) is 47.8 Å². The predicted molar refractivity (Wildman–Crippen MR) is 76.7 cm³/mol. The number of ether oxygens (including phenoxy) is 1. The van der Waals surface area contributed by atoms with Gasteiger partial charge in [-0.05, 0) is 36.5 Å². The smallest absolute Gasteiger partial charge is 0.122 e. The number of aryl methyl sites for hydroxylation is 2. The fourth-order valence-corrected chi connectivity index (χ4v) is 2.75. The summed E-state index contributed by atoms with van der Waals surface area (Å²) in [5.74, 6) is 1.14. The minimum Gasteiger partial charge on any atom is -0.493 e. The molecule has 3 rings (SSSR count). The Morgan fingerprint density at radius 2 is 2.30 bits per heavy atom. The number of rotatable bonds is 4. The van der Waals surface area contributed by atoms with Gasteiger partial charge in [0.2, 0.25) is 0 Å². The molecule has 1 aliphatic rings. The largest absolute Gasteiger partial charge is 0.493 e. The molecule has 0 amide bonds. The number of aromatic nitrogens is 2. The van der Waals surface area contributed by atoms with Crippen molar-refractivity contribution in [2.24, 2.45) is 13.0 Å². The number of benzene rings is 1. The van der Waals surface area contributed by atoms with E-state index in [1.165, 1.54) is 11.1 Å². The fraction of sp³-hybridized carbons (Fsp3) is 0.438. The van der Waals surface area contributed by atoms with Crippen LogP contribution in [0.15, 0.2) is 36.7 Å². The van der Waals surface area contributed by atoms with E-state index >= 15 is 0 Å². The van der Waals surface area contributed by atoms with Gasteiger partial charge in [0.15, 0.2) is 0 Å². The molecular formula is C16H20N2O2. The zero-order valence-corrected chi connectivity index (χ0v) is 11.7. The van der Waals surface area contributed by atoms with Crippen molar-refractivity contribution in [1.29, 1.82) is 0 Å². The lowest BCUT2D eigenvalue weighted by molar-refractivity contribution is 0.0590. The monoisotopic (exact) mass is 272 g/mol. The lowest BCUT2D eigenvalue weighted by Gasteiger charge is -2.28. The standard InChI is InChI=1S/C16H20N2O2/c1-18-10-12(9-17-18)6-7-15(19)14-8-13-4-2-3-5-16(13)20-11-14/h2-5,9-10,14-15,19H,6-8,11H2,1H3. The molecule has 2 unspecified atom stereocenters. The third kappa shape index (κ3) is 2.85. The second kappa shape index (κ2) is 5.67. The van der Waals surface area contributed by atoms with Crippen molar-refractivity contribution < 1.29 is 9.84 Å². The van der Waals surface area contributed by atoms with Gasteiger partial charge in [-0.3, -0.25) is 4.68 Å². The van der Waals surface area contributed by atoms with Gasteiger partial charge < -0.3 is 9.84 Å². The third-order valence-corrected chi connectivity index (χ3v) is 3.94. The average Bonchev–Trinajstić information content (AvgIpc) is 2.90. The van der Waals surface area contributed by atoms with Gasteiger partial charge in [-0.1, -0.05) is 18.2 Å². The Morgan fingerprint density at radius 3 is 3.10 bits per heavy atom. The van der Waals surface area contributed by atoms with Crippen LogP contribution < -0.4 is 4.74 Å². The molecule has 2 heterocycles. The molecule has 4 nitrogen and oxygen atoms in total. The highest BCUT2D eigenvalue weighted by molar-refractivity contribution is 5.35. The zero-order chi connectivity index (χ0) is 13.9. The molecule has 0 radical (unpaired) electrons. The number of aliphatic hydroxyl groups is 1. The summed E-state index contributed by atoms with van der Waals surface area (Å²) in [6, 6.07) is 8.08. The van der Waals surface area contributed by atoms with Crippen LogP contribution in [0, 0.1) is 5.92 Å². The number of hydrogen-bond acceptors (Lipinski definition) is 3. The summed E-state index contributed by atoms with van der Waals surface area (Å²) >= 11 is 0. The second-order valence-electron chi connectivity index (χ2n) is 5.51. The van der Waals surface area contributed by atoms with Gasteiger partial charge in [0.1, 0.15) is 5.75 Å². The van der Waals surface area contributed by atoms with Crippen molar-refractivity contribution in [2.75, 3.05) is 6.61 Å². The summed E-state index contributed by atoms with van der Waals surface area (Å²) in [6.07, 6.45) is 6.03. The van der Waals surface area contributed by atoms with E-state index in [0.29, 0.717) is 6.61 Å². The quantitative estimate of drug-likeness (QED) is 0.925. The number of nitrogens with zero attached hydrogens (tertiary/aromatic N) is 2. The van der Waals surface area contributed by atoms with E-state index in [2.05, 4.69) is 11.2 Å². The van der Waals surface area contributed by atoms with E-state index in [1.54, 1.807) is 4.68 Å². The Kier molecular flexibility index (Phi) is 3.74. The molecule has 0 spiro atoms. The molecule has 1 N–H and O–H groups in total. The van der Waals surface area contributed by atoms with E-state index in [1.807, 2.05) is 37.6 Å². The van der Waals surface area contributed by atoms with Crippen molar-refractivity contribution >= 4 is 0 Å². The van der Waals surface area contributed by atoms with Crippen LogP contribution >= 0.6 is 0 Å². The van der Waals surface area contributed by atoms with Gasteiger partial charge >= 0.3 is 0 Å². The first kappa shape index (κ1) is 13.2. The Balaban J connectivity index is 1.57. The fourth-order valence-electron chi connectivity index (χ4n) is 2.75. The van der Waals surface area contributed by atoms with E-state index in [-0.39, 0.29) is 12.0 Å². The highest BCUT2D eigenvalue weighted by atomic mass is 16.5. The van der Waals surface area contributed by atoms with Crippen LogP contribution in [-0.4, -0.2) is 27.6 Å². The molecule has 1 aromatic heterocycles. The molecule has 0 saturated heterocycles. The first-order chi connectivity index (χ1) is 9.72. The van der Waals surface area contributed by atoms with Gasteiger partial charge in [0, 0.05) is 19.2 Å². The molecule has 106 valence electrons. The van der Waals surface area contributed by atoms with E-state index in [0.717, 1.165) is 25.0 Å². The zero-order valence-electron chi connectivity index (χ0n) is 11.7. The predicted octanol–water partition coefficient (Wildman–Crippen LogP) is 1.96. The van der Waals surface area contributed by atoms with Crippen LogP contribution in [0.3, 0.4) is 0 Å². The van der Waals surface area contributed by atoms with E-state index in [4.69, 9.17) is 4.74 Å². The summed E-state index contributed by atoms with van der Waals surface area (Å²) in [6.45, 7) is 0.602. The first-order valence-electron chi connectivity index (χ1n) is 7.08. The summed E-state index contributed by atoms with van der Waals surface area (Å²) in [5.41, 5.74) is 2.37. The maximum absolute atomic E-state index is 10.4. The maximum Gasteiger partial charge on any atom is 0.122 e. The van der Waals surface area contributed by atoms with Gasteiger partial charge in [-0.25, -0.2) is 0 Å². The molecule has 0 saturated carbocycles. The van der Waals surface area contributed by atoms with Crippen molar-refractivity contribution in [1.82, 2.24) is 9.78 Å². The summed E-state index contributed by atoms with van der Waals surface area (Å²) < 4.78 is 7.53. The van der Waals surface area contributed by atoms with Gasteiger partial charge in [0.05, 0.1) is 18.9 Å². The Morgan fingerprint density at radius 1 is 1.45 bits per heavy atom. The Bertz CT molecular complexity index is 579. The molecule has 4 heteroatoms. The highest BCUT2D eigenvalue weighted by Crippen LogP contribution is 2.29. The Hall–Kier alpha value is -1.81.